The molecule has 0 fully saturated rings. The summed E-state index contributed by atoms with van der Waals surface area (Å²) in [5, 5.41) is 8.94. The lowest BCUT2D eigenvalue weighted by Crippen LogP contribution is -2.10. The van der Waals surface area contributed by atoms with E-state index in [1.54, 1.807) is 0 Å². The summed E-state index contributed by atoms with van der Waals surface area (Å²) >= 11 is 5.92. The number of hydrogen-bond acceptors (Lipinski definition) is 4. The molecule has 16 heavy (non-hydrogen) atoms. The summed E-state index contributed by atoms with van der Waals surface area (Å²) in [6.07, 6.45) is 0.455. The van der Waals surface area contributed by atoms with Crippen molar-refractivity contribution in [1.29, 1.82) is 0 Å². The van der Waals surface area contributed by atoms with Gasteiger partial charge in [-0.15, -0.1) is 0 Å². The van der Waals surface area contributed by atoms with Crippen molar-refractivity contribution in [1.82, 2.24) is 9.97 Å². The number of halogens is 1. The number of carboxylic acid groups (broad SMARTS) is 1. The molecule has 1 heterocycles. The highest BCUT2D eigenvalue weighted by Crippen LogP contribution is 2.18. The van der Waals surface area contributed by atoms with Crippen LogP contribution in [0.4, 0.5) is 0 Å². The minimum atomic E-state index is -0.945. The lowest BCUT2D eigenvalue weighted by atomic mass is 10.1. The minimum absolute atomic E-state index is 0.157. The van der Waals surface area contributed by atoms with E-state index in [1.165, 1.54) is 7.11 Å². The maximum atomic E-state index is 10.7. The zero-order valence-electron chi connectivity index (χ0n) is 9.16. The molecule has 0 aliphatic carbocycles. The van der Waals surface area contributed by atoms with E-state index in [0.717, 1.165) is 0 Å². The Balaban J connectivity index is 3.12. The largest absolute Gasteiger partial charge is 0.481 e. The average Bonchev–Trinajstić information content (AvgIpc) is 2.21. The summed E-state index contributed by atoms with van der Waals surface area (Å²) in [4.78, 5) is 18.9. The van der Waals surface area contributed by atoms with Crippen LogP contribution in [0.15, 0.2) is 0 Å². The van der Waals surface area contributed by atoms with Gasteiger partial charge in [0.1, 0.15) is 11.8 Å². The van der Waals surface area contributed by atoms with Crippen molar-refractivity contribution in [2.45, 2.75) is 26.4 Å². The third-order valence-electron chi connectivity index (χ3n) is 2.02. The Kier molecular flexibility index (Phi) is 4.64. The van der Waals surface area contributed by atoms with E-state index in [4.69, 9.17) is 21.4 Å². The van der Waals surface area contributed by atoms with Crippen molar-refractivity contribution < 1.29 is 14.6 Å². The third kappa shape index (κ3) is 3.15. The van der Waals surface area contributed by atoms with E-state index in [2.05, 4.69) is 9.97 Å². The van der Waals surface area contributed by atoms with Crippen molar-refractivity contribution in [2.24, 2.45) is 0 Å². The number of aryl methyl sites for hydroxylation is 1. The molecule has 1 aromatic rings. The molecule has 0 aliphatic rings. The first kappa shape index (κ1) is 12.9. The molecule has 0 amide bonds. The molecular weight excluding hydrogens is 232 g/mol. The maximum Gasteiger partial charge on any atom is 0.308 e. The predicted molar refractivity (Wildman–Crippen MR) is 58.5 cm³/mol. The fraction of sp³-hybridized carbons (Fsp3) is 0.500. The summed E-state index contributed by atoms with van der Waals surface area (Å²) in [5.74, 6) is -0.474. The molecule has 0 radical (unpaired) electrons. The van der Waals surface area contributed by atoms with Crippen LogP contribution in [0, 0.1) is 0 Å². The molecule has 0 unspecified atom stereocenters. The Labute approximate surface area is 98.4 Å². The van der Waals surface area contributed by atoms with Gasteiger partial charge in [-0.3, -0.25) is 4.79 Å². The Morgan fingerprint density at radius 3 is 2.69 bits per heavy atom. The first-order valence-electron chi connectivity index (χ1n) is 4.83. The van der Waals surface area contributed by atoms with Crippen LogP contribution in [-0.4, -0.2) is 28.2 Å². The smallest absolute Gasteiger partial charge is 0.308 e. The van der Waals surface area contributed by atoms with E-state index in [1.807, 2.05) is 6.92 Å². The van der Waals surface area contributed by atoms with Crippen LogP contribution in [0.25, 0.3) is 0 Å². The second-order valence-corrected chi connectivity index (χ2v) is 3.57. The summed E-state index contributed by atoms with van der Waals surface area (Å²) in [7, 11) is 1.54. The normalized spacial score (nSPS) is 10.4. The molecule has 0 aromatic carbocycles. The van der Waals surface area contributed by atoms with Crippen LogP contribution in [0.1, 0.15) is 24.0 Å². The van der Waals surface area contributed by atoms with Gasteiger partial charge in [-0.05, 0) is 6.42 Å². The van der Waals surface area contributed by atoms with E-state index >= 15 is 0 Å². The molecule has 1 N–H and O–H groups in total. The summed E-state index contributed by atoms with van der Waals surface area (Å²) in [5.41, 5.74) is 1.14. The quantitative estimate of drug-likeness (QED) is 0.794. The fourth-order valence-electron chi connectivity index (χ4n) is 1.36. The monoisotopic (exact) mass is 244 g/mol. The average molecular weight is 245 g/mol. The van der Waals surface area contributed by atoms with Crippen molar-refractivity contribution >= 4 is 17.6 Å². The summed E-state index contributed by atoms with van der Waals surface area (Å²) < 4.78 is 4.90. The fourth-order valence-corrected chi connectivity index (χ4v) is 1.63. The van der Waals surface area contributed by atoms with E-state index < -0.39 is 5.97 Å². The van der Waals surface area contributed by atoms with Gasteiger partial charge in [-0.2, -0.15) is 0 Å². The van der Waals surface area contributed by atoms with Gasteiger partial charge in [0, 0.05) is 18.4 Å². The van der Waals surface area contributed by atoms with Crippen LogP contribution < -0.4 is 0 Å². The first-order chi connectivity index (χ1) is 7.58. The molecule has 5 nitrogen and oxygen atoms in total. The Morgan fingerprint density at radius 1 is 1.50 bits per heavy atom. The molecule has 6 heteroatoms. The Morgan fingerprint density at radius 2 is 2.19 bits per heavy atom. The number of ether oxygens (including phenoxy) is 1. The maximum absolute atomic E-state index is 10.7. The zero-order chi connectivity index (χ0) is 12.1. The van der Waals surface area contributed by atoms with Gasteiger partial charge in [-0.25, -0.2) is 9.97 Å². The van der Waals surface area contributed by atoms with Gasteiger partial charge in [-0.1, -0.05) is 18.5 Å². The Hall–Kier alpha value is -1.20. The van der Waals surface area contributed by atoms with Crippen LogP contribution in [0.2, 0.25) is 5.15 Å². The predicted octanol–water partition coefficient (Wildman–Crippen LogP) is 1.47. The van der Waals surface area contributed by atoms with Gasteiger partial charge >= 0.3 is 5.97 Å². The van der Waals surface area contributed by atoms with Crippen LogP contribution in [0.5, 0.6) is 0 Å². The lowest BCUT2D eigenvalue weighted by molar-refractivity contribution is -0.136. The zero-order valence-corrected chi connectivity index (χ0v) is 9.91. The molecule has 0 aliphatic heterocycles. The third-order valence-corrected chi connectivity index (χ3v) is 2.34. The van der Waals surface area contributed by atoms with Gasteiger partial charge in [0.15, 0.2) is 5.82 Å². The highest BCUT2D eigenvalue weighted by molar-refractivity contribution is 6.30. The van der Waals surface area contributed by atoms with Crippen molar-refractivity contribution in [3.05, 3.63) is 22.2 Å². The topological polar surface area (TPSA) is 72.3 Å². The van der Waals surface area contributed by atoms with Crippen molar-refractivity contribution in [3.63, 3.8) is 0 Å². The van der Waals surface area contributed by atoms with Crippen molar-refractivity contribution in [3.8, 4) is 0 Å². The van der Waals surface area contributed by atoms with Gasteiger partial charge < -0.3 is 9.84 Å². The number of carbonyl (C=O) groups is 1. The number of nitrogens with zero attached hydrogens (tertiary/aromatic N) is 2. The van der Waals surface area contributed by atoms with Crippen LogP contribution >= 0.6 is 11.6 Å². The molecule has 88 valence electrons. The van der Waals surface area contributed by atoms with Gasteiger partial charge in [0.2, 0.25) is 0 Å². The standard InChI is InChI=1S/C10H13ClN2O3/c1-3-7-6(4-9(14)15)10(11)13-8(12-7)5-16-2/h3-5H2,1-2H3,(H,14,15). The molecule has 0 saturated carbocycles. The van der Waals surface area contributed by atoms with E-state index in [9.17, 15) is 4.79 Å². The van der Waals surface area contributed by atoms with Gasteiger partial charge in [0.25, 0.3) is 0 Å². The molecule has 1 aromatic heterocycles. The number of methoxy groups -OCH3 is 1. The first-order valence-corrected chi connectivity index (χ1v) is 5.21. The molecular formula is C10H13ClN2O3. The molecule has 0 bridgehead atoms. The number of carboxylic acids is 1. The molecule has 1 rings (SSSR count). The highest BCUT2D eigenvalue weighted by atomic mass is 35.5. The van der Waals surface area contributed by atoms with E-state index in [-0.39, 0.29) is 18.2 Å². The second kappa shape index (κ2) is 5.77. The summed E-state index contributed by atoms with van der Waals surface area (Å²) in [6.45, 7) is 2.15. The minimum Gasteiger partial charge on any atom is -0.481 e. The number of rotatable bonds is 5. The summed E-state index contributed by atoms with van der Waals surface area (Å²) in [6, 6.07) is 0. The van der Waals surface area contributed by atoms with E-state index in [0.29, 0.717) is 23.5 Å². The second-order valence-electron chi connectivity index (χ2n) is 3.21. The van der Waals surface area contributed by atoms with Crippen LogP contribution in [0.3, 0.4) is 0 Å². The number of hydrogen-bond donors (Lipinski definition) is 1. The van der Waals surface area contributed by atoms with Crippen molar-refractivity contribution in [2.75, 3.05) is 7.11 Å². The van der Waals surface area contributed by atoms with Gasteiger partial charge in [0.05, 0.1) is 6.42 Å². The lowest BCUT2D eigenvalue weighted by Gasteiger charge is -2.09. The highest BCUT2D eigenvalue weighted by Gasteiger charge is 2.14. The number of aliphatic carboxylic acids is 1. The Bertz CT molecular complexity index is 396. The van der Waals surface area contributed by atoms with Crippen LogP contribution in [-0.2, 0) is 29.0 Å². The molecule has 0 atom stereocenters. The SMILES string of the molecule is CCc1nc(COC)nc(Cl)c1CC(=O)O. The molecule has 0 saturated heterocycles. The number of aromatic nitrogens is 2. The molecule has 0 spiro atoms.